The van der Waals surface area contributed by atoms with E-state index in [1.54, 1.807) is 13.8 Å². The van der Waals surface area contributed by atoms with Gasteiger partial charge in [-0.05, 0) is 5.41 Å². The lowest BCUT2D eigenvalue weighted by molar-refractivity contribution is -0.163. The molecule has 3 atom stereocenters. The molecule has 1 N–H and O–H groups in total. The van der Waals surface area contributed by atoms with E-state index in [4.69, 9.17) is 9.84 Å². The molecular formula is C13H19NO6. The predicted molar refractivity (Wildman–Crippen MR) is 66.7 cm³/mol. The van der Waals surface area contributed by atoms with E-state index in [2.05, 4.69) is 4.74 Å². The van der Waals surface area contributed by atoms with Crippen molar-refractivity contribution in [2.24, 2.45) is 17.3 Å². The van der Waals surface area contributed by atoms with Crippen molar-refractivity contribution in [3.8, 4) is 0 Å². The third-order valence-corrected chi connectivity index (χ3v) is 4.20. The van der Waals surface area contributed by atoms with Gasteiger partial charge in [0.2, 0.25) is 5.91 Å². The van der Waals surface area contributed by atoms with Gasteiger partial charge in [-0.3, -0.25) is 9.59 Å². The minimum absolute atomic E-state index is 0.116. The molecule has 0 aromatic carbocycles. The van der Waals surface area contributed by atoms with Gasteiger partial charge in [-0.2, -0.15) is 0 Å². The van der Waals surface area contributed by atoms with E-state index >= 15 is 0 Å². The predicted octanol–water partition coefficient (Wildman–Crippen LogP) is -0.256. The lowest BCUT2D eigenvalue weighted by Gasteiger charge is -2.32. The zero-order chi connectivity index (χ0) is 15.1. The molecule has 1 saturated heterocycles. The van der Waals surface area contributed by atoms with Crippen molar-refractivity contribution in [2.75, 3.05) is 26.8 Å². The Morgan fingerprint density at radius 2 is 1.95 bits per heavy atom. The second kappa shape index (κ2) is 5.05. The van der Waals surface area contributed by atoms with Crippen LogP contribution in [0.1, 0.15) is 13.8 Å². The van der Waals surface area contributed by atoms with E-state index < -0.39 is 35.3 Å². The maximum absolute atomic E-state index is 12.4. The van der Waals surface area contributed by atoms with Gasteiger partial charge in [0.05, 0.1) is 32.1 Å². The summed E-state index contributed by atoms with van der Waals surface area (Å²) in [6.07, 6.45) is -0.789. The summed E-state index contributed by atoms with van der Waals surface area (Å²) in [4.78, 5) is 36.5. The summed E-state index contributed by atoms with van der Waals surface area (Å²) in [7, 11) is 1.26. The minimum atomic E-state index is -0.953. The summed E-state index contributed by atoms with van der Waals surface area (Å²) in [6.45, 7) is 4.27. The maximum atomic E-state index is 12.4. The standard InChI is InChI=1S/C13H19NO6/c1-13(2)8(9(13)11(16)17)10(15)14-4-5-20-7(6-14)12(18)19-3/h7-9H,4-6H2,1-3H3,(H,16,17)/t7?,8-,9+/m0/s1. The zero-order valence-corrected chi connectivity index (χ0v) is 11.8. The van der Waals surface area contributed by atoms with Crippen LogP contribution < -0.4 is 0 Å². The van der Waals surface area contributed by atoms with Crippen molar-refractivity contribution in [3.63, 3.8) is 0 Å². The molecule has 1 aliphatic carbocycles. The number of carbonyl (C=O) groups is 3. The van der Waals surface area contributed by atoms with Gasteiger partial charge in [-0.15, -0.1) is 0 Å². The highest BCUT2D eigenvalue weighted by Crippen LogP contribution is 2.59. The van der Waals surface area contributed by atoms with Gasteiger partial charge in [-0.1, -0.05) is 13.8 Å². The lowest BCUT2D eigenvalue weighted by Crippen LogP contribution is -2.49. The average molecular weight is 285 g/mol. The highest BCUT2D eigenvalue weighted by molar-refractivity contribution is 5.92. The first-order chi connectivity index (χ1) is 9.30. The number of nitrogens with zero attached hydrogens (tertiary/aromatic N) is 1. The molecule has 1 amide bonds. The maximum Gasteiger partial charge on any atom is 0.336 e. The van der Waals surface area contributed by atoms with Crippen LogP contribution in [-0.2, 0) is 23.9 Å². The quantitative estimate of drug-likeness (QED) is 0.718. The molecule has 0 spiro atoms. The van der Waals surface area contributed by atoms with Crippen LogP contribution in [0.25, 0.3) is 0 Å². The molecule has 112 valence electrons. The second-order valence-electron chi connectivity index (χ2n) is 5.78. The number of esters is 1. The van der Waals surface area contributed by atoms with E-state index in [0.29, 0.717) is 6.54 Å². The van der Waals surface area contributed by atoms with Crippen LogP contribution in [0.5, 0.6) is 0 Å². The molecule has 7 nitrogen and oxygen atoms in total. The topological polar surface area (TPSA) is 93.1 Å². The summed E-state index contributed by atoms with van der Waals surface area (Å²) in [5.74, 6) is -2.89. The third kappa shape index (κ3) is 2.37. The molecule has 1 saturated carbocycles. The smallest absolute Gasteiger partial charge is 0.336 e. The molecule has 0 bridgehead atoms. The van der Waals surface area contributed by atoms with Gasteiger partial charge in [-0.25, -0.2) is 4.79 Å². The van der Waals surface area contributed by atoms with Crippen molar-refractivity contribution in [2.45, 2.75) is 20.0 Å². The van der Waals surface area contributed by atoms with E-state index in [0.717, 1.165) is 0 Å². The van der Waals surface area contributed by atoms with Crippen LogP contribution in [-0.4, -0.2) is 60.8 Å². The number of ether oxygens (including phenoxy) is 2. The molecule has 1 heterocycles. The summed E-state index contributed by atoms with van der Waals surface area (Å²) in [5.41, 5.74) is -0.540. The SMILES string of the molecule is COC(=O)C1CN(C(=O)[C@@H]2[C@H](C(=O)O)C2(C)C)CCO1. The Bertz CT molecular complexity index is 446. The normalized spacial score (nSPS) is 31.6. The van der Waals surface area contributed by atoms with Crippen LogP contribution in [0.4, 0.5) is 0 Å². The Kier molecular flexibility index (Phi) is 3.73. The minimum Gasteiger partial charge on any atom is -0.481 e. The number of amides is 1. The fraction of sp³-hybridized carbons (Fsp3) is 0.769. The average Bonchev–Trinajstić information content (AvgIpc) is 3.00. The van der Waals surface area contributed by atoms with Crippen molar-refractivity contribution in [3.05, 3.63) is 0 Å². The molecule has 0 radical (unpaired) electrons. The number of carboxylic acids is 1. The first-order valence-electron chi connectivity index (χ1n) is 6.51. The number of carbonyl (C=O) groups excluding carboxylic acids is 2. The van der Waals surface area contributed by atoms with Crippen molar-refractivity contribution >= 4 is 17.8 Å². The summed E-state index contributed by atoms with van der Waals surface area (Å²) in [5, 5.41) is 9.12. The van der Waals surface area contributed by atoms with Crippen molar-refractivity contribution < 1.29 is 29.0 Å². The zero-order valence-electron chi connectivity index (χ0n) is 11.8. The van der Waals surface area contributed by atoms with Gasteiger partial charge in [0, 0.05) is 6.54 Å². The van der Waals surface area contributed by atoms with Crippen LogP contribution in [0, 0.1) is 17.3 Å². The fourth-order valence-corrected chi connectivity index (χ4v) is 2.88. The Labute approximate surface area is 116 Å². The molecule has 2 rings (SSSR count). The van der Waals surface area contributed by atoms with Crippen LogP contribution >= 0.6 is 0 Å². The molecule has 2 aliphatic rings. The molecule has 0 aromatic heterocycles. The number of morpholine rings is 1. The Balaban J connectivity index is 2.03. The Morgan fingerprint density at radius 1 is 1.30 bits per heavy atom. The summed E-state index contributed by atoms with van der Waals surface area (Å²) < 4.78 is 9.85. The molecule has 1 unspecified atom stereocenters. The molecule has 1 aliphatic heterocycles. The van der Waals surface area contributed by atoms with E-state index in [1.807, 2.05) is 0 Å². The summed E-state index contributed by atoms with van der Waals surface area (Å²) >= 11 is 0. The van der Waals surface area contributed by atoms with Gasteiger partial charge in [0.1, 0.15) is 0 Å². The van der Waals surface area contributed by atoms with Crippen LogP contribution in [0.3, 0.4) is 0 Å². The first kappa shape index (κ1) is 14.8. The Hall–Kier alpha value is -1.63. The van der Waals surface area contributed by atoms with Gasteiger partial charge < -0.3 is 19.5 Å². The van der Waals surface area contributed by atoms with Crippen LogP contribution in [0.2, 0.25) is 0 Å². The van der Waals surface area contributed by atoms with Crippen LogP contribution in [0.15, 0.2) is 0 Å². The highest BCUT2D eigenvalue weighted by atomic mass is 16.6. The fourth-order valence-electron chi connectivity index (χ4n) is 2.88. The number of aliphatic carboxylic acids is 1. The van der Waals surface area contributed by atoms with E-state index in [1.165, 1.54) is 12.0 Å². The second-order valence-corrected chi connectivity index (χ2v) is 5.78. The number of hydrogen-bond donors (Lipinski definition) is 1. The number of rotatable bonds is 3. The van der Waals surface area contributed by atoms with Gasteiger partial charge in [0.15, 0.2) is 6.10 Å². The van der Waals surface area contributed by atoms with Gasteiger partial charge >= 0.3 is 11.9 Å². The number of carboxylic acid groups (broad SMARTS) is 1. The molecule has 2 fully saturated rings. The first-order valence-corrected chi connectivity index (χ1v) is 6.51. The number of hydrogen-bond acceptors (Lipinski definition) is 5. The molecular weight excluding hydrogens is 266 g/mol. The third-order valence-electron chi connectivity index (χ3n) is 4.20. The van der Waals surface area contributed by atoms with Crippen molar-refractivity contribution in [1.82, 2.24) is 4.90 Å². The number of methoxy groups -OCH3 is 1. The lowest BCUT2D eigenvalue weighted by atomic mass is 10.1. The Morgan fingerprint density at radius 3 is 2.45 bits per heavy atom. The van der Waals surface area contributed by atoms with Gasteiger partial charge in [0.25, 0.3) is 0 Å². The largest absolute Gasteiger partial charge is 0.481 e. The van der Waals surface area contributed by atoms with E-state index in [-0.39, 0.29) is 19.1 Å². The summed E-state index contributed by atoms with van der Waals surface area (Å²) in [6, 6.07) is 0. The molecule has 0 aromatic rings. The van der Waals surface area contributed by atoms with Crippen molar-refractivity contribution in [1.29, 1.82) is 0 Å². The monoisotopic (exact) mass is 285 g/mol. The molecule has 7 heteroatoms. The van der Waals surface area contributed by atoms with E-state index in [9.17, 15) is 14.4 Å². The molecule has 20 heavy (non-hydrogen) atoms. The highest BCUT2D eigenvalue weighted by Gasteiger charge is 2.66.